The highest BCUT2D eigenvalue weighted by Crippen LogP contribution is 2.26. The Balaban J connectivity index is 2.60. The minimum atomic E-state index is 0.0909. The molecule has 0 unspecified atom stereocenters. The molecule has 0 saturated heterocycles. The molecular weight excluding hydrogens is 248 g/mol. The van der Waals surface area contributed by atoms with Crippen molar-refractivity contribution in [1.29, 1.82) is 0 Å². The van der Waals surface area contributed by atoms with Gasteiger partial charge in [-0.2, -0.15) is 0 Å². The van der Waals surface area contributed by atoms with Crippen LogP contribution in [0.1, 0.15) is 40.5 Å². The Morgan fingerprint density at radius 2 is 2.25 bits per heavy atom. The SMILES string of the molecule is CC[C@H]1O[C@@H](/C(C)=C/[C@H](C)/C=C/C=C/CO)CC=C1C. The number of aliphatic hydroxyl groups excluding tert-OH is 1. The maximum Gasteiger partial charge on any atom is 0.0825 e. The van der Waals surface area contributed by atoms with Crippen molar-refractivity contribution in [3.05, 3.63) is 47.6 Å². The van der Waals surface area contributed by atoms with Gasteiger partial charge in [0.15, 0.2) is 0 Å². The predicted molar refractivity (Wildman–Crippen MR) is 85.6 cm³/mol. The molecule has 1 heterocycles. The van der Waals surface area contributed by atoms with Gasteiger partial charge in [0.1, 0.15) is 0 Å². The zero-order valence-electron chi connectivity index (χ0n) is 13.2. The third-order valence-corrected chi connectivity index (χ3v) is 3.66. The molecule has 0 bridgehead atoms. The first-order valence-electron chi connectivity index (χ1n) is 7.53. The molecule has 112 valence electrons. The fourth-order valence-corrected chi connectivity index (χ4v) is 2.45. The van der Waals surface area contributed by atoms with Gasteiger partial charge < -0.3 is 9.84 Å². The number of aliphatic hydroxyl groups is 1. The van der Waals surface area contributed by atoms with Crippen molar-refractivity contribution in [2.24, 2.45) is 5.92 Å². The second-order valence-electron chi connectivity index (χ2n) is 5.47. The van der Waals surface area contributed by atoms with E-state index in [-0.39, 0.29) is 18.8 Å². The van der Waals surface area contributed by atoms with E-state index in [2.05, 4.69) is 45.9 Å². The van der Waals surface area contributed by atoms with Crippen LogP contribution in [0.15, 0.2) is 47.6 Å². The lowest BCUT2D eigenvalue weighted by Crippen LogP contribution is -2.27. The Hall–Kier alpha value is -1.12. The lowest BCUT2D eigenvalue weighted by molar-refractivity contribution is 0.0178. The van der Waals surface area contributed by atoms with Crippen LogP contribution in [-0.2, 0) is 4.74 Å². The van der Waals surface area contributed by atoms with Crippen LogP contribution in [0, 0.1) is 5.92 Å². The summed E-state index contributed by atoms with van der Waals surface area (Å²) >= 11 is 0. The molecule has 20 heavy (non-hydrogen) atoms. The van der Waals surface area contributed by atoms with E-state index >= 15 is 0 Å². The lowest BCUT2D eigenvalue weighted by atomic mass is 9.96. The van der Waals surface area contributed by atoms with Crippen LogP contribution in [-0.4, -0.2) is 23.9 Å². The van der Waals surface area contributed by atoms with Gasteiger partial charge in [-0.25, -0.2) is 0 Å². The Bertz CT molecular complexity index is 402. The third kappa shape index (κ3) is 5.48. The molecule has 3 atom stereocenters. The van der Waals surface area contributed by atoms with Gasteiger partial charge in [0.05, 0.1) is 18.8 Å². The van der Waals surface area contributed by atoms with E-state index in [1.54, 1.807) is 6.08 Å². The number of ether oxygens (including phenoxy) is 1. The van der Waals surface area contributed by atoms with E-state index < -0.39 is 0 Å². The highest BCUT2D eigenvalue weighted by molar-refractivity contribution is 5.18. The van der Waals surface area contributed by atoms with Crippen LogP contribution < -0.4 is 0 Å². The Kier molecular flexibility index (Phi) is 7.56. The van der Waals surface area contributed by atoms with Gasteiger partial charge in [0, 0.05) is 0 Å². The number of allylic oxidation sites excluding steroid dienone is 4. The van der Waals surface area contributed by atoms with E-state index in [9.17, 15) is 0 Å². The zero-order valence-corrected chi connectivity index (χ0v) is 13.2. The molecule has 1 aliphatic rings. The van der Waals surface area contributed by atoms with Crippen molar-refractivity contribution < 1.29 is 9.84 Å². The summed E-state index contributed by atoms with van der Waals surface area (Å²) < 4.78 is 6.15. The van der Waals surface area contributed by atoms with Crippen molar-refractivity contribution in [3.63, 3.8) is 0 Å². The summed E-state index contributed by atoms with van der Waals surface area (Å²) in [5.74, 6) is 0.369. The molecule has 1 N–H and O–H groups in total. The van der Waals surface area contributed by atoms with E-state index in [1.807, 2.05) is 12.2 Å². The summed E-state index contributed by atoms with van der Waals surface area (Å²) in [6, 6.07) is 0. The van der Waals surface area contributed by atoms with Crippen molar-refractivity contribution in [2.75, 3.05) is 6.61 Å². The summed E-state index contributed by atoms with van der Waals surface area (Å²) in [5.41, 5.74) is 2.66. The van der Waals surface area contributed by atoms with Gasteiger partial charge >= 0.3 is 0 Å². The fraction of sp³-hybridized carbons (Fsp3) is 0.556. The third-order valence-electron chi connectivity index (χ3n) is 3.66. The molecule has 1 aliphatic heterocycles. The second-order valence-corrected chi connectivity index (χ2v) is 5.47. The van der Waals surface area contributed by atoms with Crippen LogP contribution in [0.5, 0.6) is 0 Å². The van der Waals surface area contributed by atoms with Crippen molar-refractivity contribution in [3.8, 4) is 0 Å². The fourth-order valence-electron chi connectivity index (χ4n) is 2.45. The molecule has 0 radical (unpaired) electrons. The summed E-state index contributed by atoms with van der Waals surface area (Å²) in [7, 11) is 0. The van der Waals surface area contributed by atoms with Crippen LogP contribution in [0.2, 0.25) is 0 Å². The smallest absolute Gasteiger partial charge is 0.0825 e. The second kappa shape index (κ2) is 8.93. The van der Waals surface area contributed by atoms with E-state index in [0.717, 1.165) is 12.8 Å². The average Bonchev–Trinajstić information content (AvgIpc) is 2.44. The van der Waals surface area contributed by atoms with Crippen LogP contribution in [0.4, 0.5) is 0 Å². The quantitative estimate of drug-likeness (QED) is 0.582. The minimum Gasteiger partial charge on any atom is -0.392 e. The molecule has 0 aliphatic carbocycles. The van der Waals surface area contributed by atoms with Crippen LogP contribution in [0.3, 0.4) is 0 Å². The molecule has 0 aromatic carbocycles. The van der Waals surface area contributed by atoms with Crippen molar-refractivity contribution >= 4 is 0 Å². The number of hydrogen-bond acceptors (Lipinski definition) is 2. The Morgan fingerprint density at radius 1 is 1.50 bits per heavy atom. The first kappa shape index (κ1) is 16.9. The van der Waals surface area contributed by atoms with E-state index in [4.69, 9.17) is 9.84 Å². The first-order valence-corrected chi connectivity index (χ1v) is 7.53. The number of hydrogen-bond donors (Lipinski definition) is 1. The summed E-state index contributed by atoms with van der Waals surface area (Å²) in [4.78, 5) is 0. The largest absolute Gasteiger partial charge is 0.392 e. The van der Waals surface area contributed by atoms with E-state index in [1.165, 1.54) is 11.1 Å². The van der Waals surface area contributed by atoms with Crippen molar-refractivity contribution in [2.45, 2.75) is 52.7 Å². The number of rotatable bonds is 6. The van der Waals surface area contributed by atoms with Gasteiger partial charge in [0.25, 0.3) is 0 Å². The molecule has 0 aromatic heterocycles. The van der Waals surface area contributed by atoms with Crippen LogP contribution >= 0.6 is 0 Å². The predicted octanol–water partition coefficient (Wildman–Crippen LogP) is 4.19. The average molecular weight is 276 g/mol. The van der Waals surface area contributed by atoms with Gasteiger partial charge in [0.2, 0.25) is 0 Å². The molecule has 0 saturated carbocycles. The molecular formula is C18H28O2. The van der Waals surface area contributed by atoms with Gasteiger partial charge in [-0.05, 0) is 43.8 Å². The zero-order chi connectivity index (χ0) is 15.0. The Labute approximate surface area is 123 Å². The molecule has 0 spiro atoms. The van der Waals surface area contributed by atoms with Crippen molar-refractivity contribution in [1.82, 2.24) is 0 Å². The highest BCUT2D eigenvalue weighted by Gasteiger charge is 2.22. The first-order chi connectivity index (χ1) is 9.58. The normalized spacial score (nSPS) is 26.2. The molecule has 0 aromatic rings. The molecule has 2 nitrogen and oxygen atoms in total. The minimum absolute atomic E-state index is 0.0909. The van der Waals surface area contributed by atoms with E-state index in [0.29, 0.717) is 5.92 Å². The summed E-state index contributed by atoms with van der Waals surface area (Å²) in [6.45, 7) is 8.73. The maximum atomic E-state index is 8.66. The molecule has 0 amide bonds. The van der Waals surface area contributed by atoms with Gasteiger partial charge in [-0.15, -0.1) is 0 Å². The summed E-state index contributed by atoms with van der Waals surface area (Å²) in [6.07, 6.45) is 14.8. The highest BCUT2D eigenvalue weighted by atomic mass is 16.5. The molecule has 0 fully saturated rings. The van der Waals surface area contributed by atoms with Crippen LogP contribution in [0.25, 0.3) is 0 Å². The lowest BCUT2D eigenvalue weighted by Gasteiger charge is -2.29. The molecule has 1 rings (SSSR count). The molecule has 2 heteroatoms. The maximum absolute atomic E-state index is 8.66. The monoisotopic (exact) mass is 276 g/mol. The van der Waals surface area contributed by atoms with Gasteiger partial charge in [-0.3, -0.25) is 0 Å². The standard InChI is InChI=1S/C18H28O2/c1-5-17-15(3)10-11-18(20-17)16(4)13-14(2)9-7-6-8-12-19/h6-10,13-14,17-19H,5,11-12H2,1-4H3/b8-6+,9-7+,16-13+/t14-,17-,18-/m1/s1. The van der Waals surface area contributed by atoms with Gasteiger partial charge in [-0.1, -0.05) is 50.3 Å². The topological polar surface area (TPSA) is 29.5 Å². The summed E-state index contributed by atoms with van der Waals surface area (Å²) in [5, 5.41) is 8.66. The Morgan fingerprint density at radius 3 is 2.90 bits per heavy atom.